The second-order valence-electron chi connectivity index (χ2n) is 3.87. The standard InChI is InChI=1S/C9H13Cl2N3O/c1-9(2,5-15)14(3)6-4-7(10)12-13-8(6)11/h4,15H,5H2,1-3H3. The van der Waals surface area contributed by atoms with Gasteiger partial charge in [-0.2, -0.15) is 0 Å². The van der Waals surface area contributed by atoms with Crippen molar-refractivity contribution in [3.8, 4) is 0 Å². The Kier molecular flexibility index (Phi) is 3.76. The van der Waals surface area contributed by atoms with Gasteiger partial charge in [0, 0.05) is 13.1 Å². The summed E-state index contributed by atoms with van der Waals surface area (Å²) < 4.78 is 0. The van der Waals surface area contributed by atoms with Gasteiger partial charge in [0.05, 0.1) is 17.8 Å². The number of anilines is 1. The molecule has 0 spiro atoms. The zero-order chi connectivity index (χ0) is 11.6. The molecule has 6 heteroatoms. The number of nitrogens with zero attached hydrogens (tertiary/aromatic N) is 3. The molecular weight excluding hydrogens is 237 g/mol. The van der Waals surface area contributed by atoms with Crippen LogP contribution in [-0.2, 0) is 0 Å². The molecule has 0 atom stereocenters. The second-order valence-corrected chi connectivity index (χ2v) is 4.62. The van der Waals surface area contributed by atoms with E-state index in [1.807, 2.05) is 25.8 Å². The van der Waals surface area contributed by atoms with Crippen LogP contribution in [0.3, 0.4) is 0 Å². The van der Waals surface area contributed by atoms with Crippen molar-refractivity contribution in [3.63, 3.8) is 0 Å². The van der Waals surface area contributed by atoms with Crippen molar-refractivity contribution in [2.75, 3.05) is 18.6 Å². The van der Waals surface area contributed by atoms with Crippen LogP contribution in [0.1, 0.15) is 13.8 Å². The molecule has 0 saturated heterocycles. The third-order valence-electron chi connectivity index (χ3n) is 2.36. The number of halogens is 2. The van der Waals surface area contributed by atoms with E-state index >= 15 is 0 Å². The highest BCUT2D eigenvalue weighted by Gasteiger charge is 2.25. The van der Waals surface area contributed by atoms with Crippen molar-refractivity contribution in [1.82, 2.24) is 10.2 Å². The highest BCUT2D eigenvalue weighted by atomic mass is 35.5. The lowest BCUT2D eigenvalue weighted by Gasteiger charge is -2.35. The molecule has 0 fully saturated rings. The van der Waals surface area contributed by atoms with E-state index in [0.29, 0.717) is 5.69 Å². The first-order valence-electron chi connectivity index (χ1n) is 4.42. The second kappa shape index (κ2) is 4.51. The normalized spacial score (nSPS) is 11.6. The van der Waals surface area contributed by atoms with Gasteiger partial charge in [-0.1, -0.05) is 23.2 Å². The minimum atomic E-state index is -0.435. The summed E-state index contributed by atoms with van der Waals surface area (Å²) in [5.74, 6) is 0. The number of hydrogen-bond acceptors (Lipinski definition) is 4. The number of likely N-dealkylation sites (N-methyl/N-ethyl adjacent to an activating group) is 1. The number of hydrogen-bond donors (Lipinski definition) is 1. The SMILES string of the molecule is CN(c1cc(Cl)nnc1Cl)C(C)(C)CO. The highest BCUT2D eigenvalue weighted by molar-refractivity contribution is 6.33. The Morgan fingerprint density at radius 3 is 2.53 bits per heavy atom. The van der Waals surface area contributed by atoms with Crippen LogP contribution in [0.25, 0.3) is 0 Å². The Morgan fingerprint density at radius 2 is 2.00 bits per heavy atom. The van der Waals surface area contributed by atoms with E-state index in [1.54, 1.807) is 6.07 Å². The summed E-state index contributed by atoms with van der Waals surface area (Å²) in [4.78, 5) is 1.82. The molecule has 0 aromatic carbocycles. The average Bonchev–Trinajstić information content (AvgIpc) is 2.20. The van der Waals surface area contributed by atoms with Gasteiger partial charge in [-0.25, -0.2) is 0 Å². The molecule has 1 aromatic rings. The first kappa shape index (κ1) is 12.5. The Bertz CT molecular complexity index is 357. The zero-order valence-corrected chi connectivity index (χ0v) is 10.3. The summed E-state index contributed by atoms with van der Waals surface area (Å²) in [5.41, 5.74) is 0.214. The van der Waals surface area contributed by atoms with Crippen molar-refractivity contribution in [1.29, 1.82) is 0 Å². The lowest BCUT2D eigenvalue weighted by Crippen LogP contribution is -2.44. The fourth-order valence-corrected chi connectivity index (χ4v) is 1.37. The molecule has 1 heterocycles. The predicted octanol–water partition coefficient (Wildman–Crippen LogP) is 1.99. The van der Waals surface area contributed by atoms with Crippen LogP contribution in [0.5, 0.6) is 0 Å². The minimum Gasteiger partial charge on any atom is -0.394 e. The first-order chi connectivity index (χ1) is 6.88. The molecule has 1 N–H and O–H groups in total. The molecule has 0 saturated carbocycles. The highest BCUT2D eigenvalue weighted by Crippen LogP contribution is 2.29. The molecule has 15 heavy (non-hydrogen) atoms. The van der Waals surface area contributed by atoms with Gasteiger partial charge in [-0.15, -0.1) is 10.2 Å². The van der Waals surface area contributed by atoms with Gasteiger partial charge in [0.25, 0.3) is 0 Å². The molecule has 84 valence electrons. The maximum atomic E-state index is 9.23. The average molecular weight is 250 g/mol. The summed E-state index contributed by atoms with van der Waals surface area (Å²) in [6, 6.07) is 1.62. The molecule has 0 aliphatic rings. The van der Waals surface area contributed by atoms with Gasteiger partial charge in [0.15, 0.2) is 10.3 Å². The van der Waals surface area contributed by atoms with Crippen molar-refractivity contribution in [2.45, 2.75) is 19.4 Å². The van der Waals surface area contributed by atoms with E-state index in [9.17, 15) is 5.11 Å². The van der Waals surface area contributed by atoms with E-state index < -0.39 is 5.54 Å². The molecule has 1 rings (SSSR count). The first-order valence-corrected chi connectivity index (χ1v) is 5.17. The largest absolute Gasteiger partial charge is 0.394 e. The molecule has 4 nitrogen and oxygen atoms in total. The van der Waals surface area contributed by atoms with Gasteiger partial charge < -0.3 is 10.0 Å². The van der Waals surface area contributed by atoms with Gasteiger partial charge >= 0.3 is 0 Å². The Labute approximate surface area is 98.8 Å². The fourth-order valence-electron chi connectivity index (χ4n) is 1.01. The molecule has 0 amide bonds. The molecule has 0 aliphatic carbocycles. The van der Waals surface area contributed by atoms with Gasteiger partial charge in [0.2, 0.25) is 0 Å². The lowest BCUT2D eigenvalue weighted by molar-refractivity contribution is 0.216. The van der Waals surface area contributed by atoms with Crippen LogP contribution in [0, 0.1) is 0 Å². The fraction of sp³-hybridized carbons (Fsp3) is 0.556. The van der Waals surface area contributed by atoms with Crippen LogP contribution in [0.4, 0.5) is 5.69 Å². The number of rotatable bonds is 3. The molecule has 0 unspecified atom stereocenters. The topological polar surface area (TPSA) is 49.2 Å². The van der Waals surface area contributed by atoms with E-state index in [2.05, 4.69) is 10.2 Å². The van der Waals surface area contributed by atoms with E-state index in [4.69, 9.17) is 23.2 Å². The van der Waals surface area contributed by atoms with Crippen LogP contribution in [0.2, 0.25) is 10.3 Å². The number of aromatic nitrogens is 2. The zero-order valence-electron chi connectivity index (χ0n) is 8.83. The Morgan fingerprint density at radius 1 is 1.40 bits per heavy atom. The van der Waals surface area contributed by atoms with E-state index in [-0.39, 0.29) is 16.9 Å². The third kappa shape index (κ3) is 2.71. The number of aliphatic hydroxyl groups is 1. The smallest absolute Gasteiger partial charge is 0.175 e. The number of aliphatic hydroxyl groups excluding tert-OH is 1. The van der Waals surface area contributed by atoms with Crippen molar-refractivity contribution in [3.05, 3.63) is 16.4 Å². The monoisotopic (exact) mass is 249 g/mol. The summed E-state index contributed by atoms with van der Waals surface area (Å²) in [6.07, 6.45) is 0. The van der Waals surface area contributed by atoms with Crippen molar-refractivity contribution < 1.29 is 5.11 Å². The molecular formula is C9H13Cl2N3O. The van der Waals surface area contributed by atoms with Crippen LogP contribution < -0.4 is 4.90 Å². The van der Waals surface area contributed by atoms with Gasteiger partial charge in [0.1, 0.15) is 0 Å². The van der Waals surface area contributed by atoms with Crippen LogP contribution in [0.15, 0.2) is 6.07 Å². The summed E-state index contributed by atoms with van der Waals surface area (Å²) in [7, 11) is 1.81. The van der Waals surface area contributed by atoms with Crippen molar-refractivity contribution >= 4 is 28.9 Å². The van der Waals surface area contributed by atoms with E-state index in [1.165, 1.54) is 0 Å². The quantitative estimate of drug-likeness (QED) is 0.891. The van der Waals surface area contributed by atoms with Crippen LogP contribution >= 0.6 is 23.2 Å². The Balaban J connectivity index is 3.10. The molecule has 0 aliphatic heterocycles. The van der Waals surface area contributed by atoms with Gasteiger partial charge in [-0.05, 0) is 13.8 Å². The third-order valence-corrected chi connectivity index (χ3v) is 2.81. The molecule has 1 aromatic heterocycles. The van der Waals surface area contributed by atoms with Crippen molar-refractivity contribution in [2.24, 2.45) is 0 Å². The molecule has 0 radical (unpaired) electrons. The van der Waals surface area contributed by atoms with Crippen LogP contribution in [-0.4, -0.2) is 34.5 Å². The molecule has 0 bridgehead atoms. The van der Waals surface area contributed by atoms with Gasteiger partial charge in [-0.3, -0.25) is 0 Å². The summed E-state index contributed by atoms with van der Waals surface area (Å²) in [6.45, 7) is 3.77. The lowest BCUT2D eigenvalue weighted by atomic mass is 10.0. The summed E-state index contributed by atoms with van der Waals surface area (Å²) >= 11 is 11.6. The minimum absolute atomic E-state index is 0.000227. The predicted molar refractivity (Wildman–Crippen MR) is 61.6 cm³/mol. The maximum Gasteiger partial charge on any atom is 0.175 e. The Hall–Kier alpha value is -0.580. The maximum absolute atomic E-state index is 9.23. The summed E-state index contributed by atoms with van der Waals surface area (Å²) in [5, 5.41) is 17.1. The van der Waals surface area contributed by atoms with E-state index in [0.717, 1.165) is 0 Å².